The maximum atomic E-state index is 5.86. The van der Waals surface area contributed by atoms with Gasteiger partial charge in [-0.05, 0) is 25.5 Å². The number of benzene rings is 1. The Bertz CT molecular complexity index is 510. The summed E-state index contributed by atoms with van der Waals surface area (Å²) < 4.78 is 5.49. The van der Waals surface area contributed by atoms with Gasteiger partial charge in [-0.25, -0.2) is 4.98 Å². The molecule has 5 heteroatoms. The molecule has 0 saturated heterocycles. The minimum atomic E-state index is 0.146. The van der Waals surface area contributed by atoms with Crippen LogP contribution in [0.4, 0.5) is 11.4 Å². The number of nitrogen functional groups attached to an aromatic ring is 1. The molecule has 19 heavy (non-hydrogen) atoms. The van der Waals surface area contributed by atoms with Gasteiger partial charge in [0.15, 0.2) is 0 Å². The summed E-state index contributed by atoms with van der Waals surface area (Å²) in [6, 6.07) is 5.86. The van der Waals surface area contributed by atoms with Crippen LogP contribution in [0.1, 0.15) is 32.1 Å². The second-order valence-corrected chi connectivity index (χ2v) is 4.27. The molecule has 2 rings (SSSR count). The van der Waals surface area contributed by atoms with Crippen LogP contribution in [0.5, 0.6) is 5.75 Å². The van der Waals surface area contributed by atoms with Crippen molar-refractivity contribution >= 4 is 11.4 Å². The van der Waals surface area contributed by atoms with Crippen molar-refractivity contribution in [2.45, 2.75) is 26.3 Å². The third kappa shape index (κ3) is 3.19. The molecule has 0 spiro atoms. The fourth-order valence-corrected chi connectivity index (χ4v) is 1.94. The van der Waals surface area contributed by atoms with Crippen molar-refractivity contribution in [1.29, 1.82) is 0 Å². The molecule has 0 bridgehead atoms. The van der Waals surface area contributed by atoms with Crippen molar-refractivity contribution in [3.63, 3.8) is 0 Å². The minimum absolute atomic E-state index is 0.146. The third-order valence-corrected chi connectivity index (χ3v) is 2.91. The standard InChI is InChI=1S/C14H20N4O/c1-3-12(14-16-7-8-17-14)18-10-5-6-11(15)13(9-10)19-4-2/h5-9,12,18H,3-4,15H2,1-2H3,(H,16,17). The number of rotatable bonds is 6. The first-order chi connectivity index (χ1) is 9.24. The maximum absolute atomic E-state index is 5.86. The quantitative estimate of drug-likeness (QED) is 0.698. The van der Waals surface area contributed by atoms with E-state index in [4.69, 9.17) is 10.5 Å². The molecule has 1 atom stereocenters. The second kappa shape index (κ2) is 6.13. The van der Waals surface area contributed by atoms with Crippen LogP contribution in [0.25, 0.3) is 0 Å². The first-order valence-corrected chi connectivity index (χ1v) is 6.52. The van der Waals surface area contributed by atoms with Gasteiger partial charge in [0.05, 0.1) is 18.3 Å². The van der Waals surface area contributed by atoms with Crippen LogP contribution >= 0.6 is 0 Å². The molecule has 0 aliphatic carbocycles. The Balaban J connectivity index is 2.15. The molecular weight excluding hydrogens is 240 g/mol. The van der Waals surface area contributed by atoms with E-state index in [1.165, 1.54) is 0 Å². The molecule has 0 aliphatic heterocycles. The summed E-state index contributed by atoms with van der Waals surface area (Å²) >= 11 is 0. The van der Waals surface area contributed by atoms with Gasteiger partial charge < -0.3 is 20.8 Å². The van der Waals surface area contributed by atoms with Crippen LogP contribution in [0.2, 0.25) is 0 Å². The Hall–Kier alpha value is -2.17. The molecule has 102 valence electrons. The lowest BCUT2D eigenvalue weighted by molar-refractivity contribution is 0.342. The number of aromatic nitrogens is 2. The van der Waals surface area contributed by atoms with Crippen molar-refractivity contribution in [2.24, 2.45) is 0 Å². The molecule has 0 aliphatic rings. The average molecular weight is 260 g/mol. The zero-order valence-electron chi connectivity index (χ0n) is 11.3. The molecule has 0 saturated carbocycles. The number of hydrogen-bond donors (Lipinski definition) is 3. The van der Waals surface area contributed by atoms with E-state index < -0.39 is 0 Å². The second-order valence-electron chi connectivity index (χ2n) is 4.27. The number of H-pyrrole nitrogens is 1. The lowest BCUT2D eigenvalue weighted by atomic mass is 10.2. The van der Waals surface area contributed by atoms with Crippen LogP contribution in [-0.2, 0) is 0 Å². The summed E-state index contributed by atoms with van der Waals surface area (Å²) in [5, 5.41) is 3.43. The van der Waals surface area contributed by atoms with Gasteiger partial charge >= 0.3 is 0 Å². The Morgan fingerprint density at radius 2 is 2.26 bits per heavy atom. The summed E-state index contributed by atoms with van der Waals surface area (Å²) in [5.41, 5.74) is 7.49. The number of aromatic amines is 1. The number of nitrogens with two attached hydrogens (primary N) is 1. The predicted octanol–water partition coefficient (Wildman–Crippen LogP) is 2.95. The lowest BCUT2D eigenvalue weighted by Crippen LogP contribution is -2.11. The number of hydrogen-bond acceptors (Lipinski definition) is 4. The van der Waals surface area contributed by atoms with Crippen LogP contribution in [0, 0.1) is 0 Å². The molecule has 0 fully saturated rings. The molecule has 4 N–H and O–H groups in total. The average Bonchev–Trinajstić information content (AvgIpc) is 2.93. The van der Waals surface area contributed by atoms with Gasteiger partial charge in [0.25, 0.3) is 0 Å². The summed E-state index contributed by atoms with van der Waals surface area (Å²) in [4.78, 5) is 7.42. The molecule has 1 aromatic heterocycles. The summed E-state index contributed by atoms with van der Waals surface area (Å²) in [5.74, 6) is 1.64. The van der Waals surface area contributed by atoms with Crippen LogP contribution in [0.3, 0.4) is 0 Å². The summed E-state index contributed by atoms with van der Waals surface area (Å²) in [6.45, 7) is 4.65. The topological polar surface area (TPSA) is 76.0 Å². The lowest BCUT2D eigenvalue weighted by Gasteiger charge is -2.17. The highest BCUT2D eigenvalue weighted by Crippen LogP contribution is 2.28. The van der Waals surface area contributed by atoms with E-state index in [-0.39, 0.29) is 6.04 Å². The van der Waals surface area contributed by atoms with Gasteiger partial charge in [-0.1, -0.05) is 6.92 Å². The Kier molecular flexibility index (Phi) is 4.28. The van der Waals surface area contributed by atoms with Crippen molar-refractivity contribution in [3.8, 4) is 5.75 Å². The number of nitrogens with one attached hydrogen (secondary N) is 2. The summed E-state index contributed by atoms with van der Waals surface area (Å²) in [6.07, 6.45) is 4.52. The normalized spacial score (nSPS) is 12.1. The fourth-order valence-electron chi connectivity index (χ4n) is 1.94. The zero-order chi connectivity index (χ0) is 13.7. The van der Waals surface area contributed by atoms with Crippen LogP contribution in [-0.4, -0.2) is 16.6 Å². The van der Waals surface area contributed by atoms with E-state index in [1.807, 2.05) is 31.3 Å². The molecule has 0 radical (unpaired) electrons. The largest absolute Gasteiger partial charge is 0.492 e. The van der Waals surface area contributed by atoms with Gasteiger partial charge in [0, 0.05) is 24.1 Å². The molecule has 0 amide bonds. The monoisotopic (exact) mass is 260 g/mol. The Labute approximate surface area is 113 Å². The molecule has 5 nitrogen and oxygen atoms in total. The highest BCUT2D eigenvalue weighted by atomic mass is 16.5. The number of ether oxygens (including phenoxy) is 1. The molecule has 1 aromatic carbocycles. The van der Waals surface area contributed by atoms with Gasteiger partial charge in [-0.2, -0.15) is 0 Å². The van der Waals surface area contributed by atoms with Crippen molar-refractivity contribution in [2.75, 3.05) is 17.7 Å². The van der Waals surface area contributed by atoms with E-state index in [2.05, 4.69) is 22.2 Å². The number of anilines is 2. The van der Waals surface area contributed by atoms with E-state index in [9.17, 15) is 0 Å². The van der Waals surface area contributed by atoms with Crippen LogP contribution in [0.15, 0.2) is 30.6 Å². The van der Waals surface area contributed by atoms with Gasteiger partial charge in [0.2, 0.25) is 0 Å². The van der Waals surface area contributed by atoms with Gasteiger partial charge in [0.1, 0.15) is 11.6 Å². The molecular formula is C14H20N4O. The minimum Gasteiger partial charge on any atom is -0.492 e. The summed E-state index contributed by atoms with van der Waals surface area (Å²) in [7, 11) is 0. The van der Waals surface area contributed by atoms with E-state index >= 15 is 0 Å². The highest BCUT2D eigenvalue weighted by molar-refractivity contribution is 5.61. The van der Waals surface area contributed by atoms with E-state index in [1.54, 1.807) is 6.20 Å². The number of imidazole rings is 1. The van der Waals surface area contributed by atoms with Crippen molar-refractivity contribution in [1.82, 2.24) is 9.97 Å². The van der Waals surface area contributed by atoms with Gasteiger partial charge in [-0.3, -0.25) is 0 Å². The molecule has 2 aromatic rings. The maximum Gasteiger partial charge on any atom is 0.144 e. The highest BCUT2D eigenvalue weighted by Gasteiger charge is 2.12. The number of nitrogens with zero attached hydrogens (tertiary/aromatic N) is 1. The molecule has 1 unspecified atom stereocenters. The van der Waals surface area contributed by atoms with Gasteiger partial charge in [-0.15, -0.1) is 0 Å². The molecule has 1 heterocycles. The Morgan fingerprint density at radius 1 is 1.42 bits per heavy atom. The third-order valence-electron chi connectivity index (χ3n) is 2.91. The van der Waals surface area contributed by atoms with Crippen LogP contribution < -0.4 is 15.8 Å². The first-order valence-electron chi connectivity index (χ1n) is 6.52. The van der Waals surface area contributed by atoms with Crippen molar-refractivity contribution < 1.29 is 4.74 Å². The van der Waals surface area contributed by atoms with Crippen molar-refractivity contribution in [3.05, 3.63) is 36.4 Å². The Morgan fingerprint density at radius 3 is 2.89 bits per heavy atom. The smallest absolute Gasteiger partial charge is 0.144 e. The fraction of sp³-hybridized carbons (Fsp3) is 0.357. The first kappa shape index (κ1) is 13.3. The predicted molar refractivity (Wildman–Crippen MR) is 77.3 cm³/mol. The van der Waals surface area contributed by atoms with E-state index in [0.717, 1.165) is 17.9 Å². The zero-order valence-corrected chi connectivity index (χ0v) is 11.3. The SMILES string of the molecule is CCOc1cc(NC(CC)c2ncc[nH]2)ccc1N. The van der Waals surface area contributed by atoms with E-state index in [0.29, 0.717) is 18.0 Å².